The third kappa shape index (κ3) is 5.02. The van der Waals surface area contributed by atoms with Gasteiger partial charge in [0.2, 0.25) is 0 Å². The smallest absolute Gasteiger partial charge is 0.454 e. The Morgan fingerprint density at radius 1 is 1.12 bits per heavy atom. The molecule has 0 unspecified atom stereocenters. The minimum absolute atomic E-state index is 0.0268. The van der Waals surface area contributed by atoms with Gasteiger partial charge in [0.25, 0.3) is 0 Å². The van der Waals surface area contributed by atoms with Crippen molar-refractivity contribution in [2.24, 2.45) is 0 Å². The second kappa shape index (κ2) is 10.4. The number of aryl methyl sites for hydroxylation is 2. The lowest BCUT2D eigenvalue weighted by molar-refractivity contribution is -0.0429. The highest BCUT2D eigenvalue weighted by Crippen LogP contribution is 2.41. The molecule has 0 atom stereocenters. The molecule has 0 saturated heterocycles. The van der Waals surface area contributed by atoms with Crippen molar-refractivity contribution in [2.75, 3.05) is 4.72 Å². The number of pyridine rings is 1. The lowest BCUT2D eigenvalue weighted by Crippen LogP contribution is -2.30. The highest BCUT2D eigenvalue weighted by Gasteiger charge is 2.46. The first-order chi connectivity index (χ1) is 18.9. The first kappa shape index (κ1) is 27.9. The molecule has 0 bridgehead atoms. The summed E-state index contributed by atoms with van der Waals surface area (Å²) in [5, 5.41) is 10.3. The van der Waals surface area contributed by atoms with Gasteiger partial charge < -0.3 is 14.1 Å². The zero-order valence-corrected chi connectivity index (χ0v) is 23.0. The van der Waals surface area contributed by atoms with Crippen molar-refractivity contribution in [1.82, 2.24) is 14.5 Å². The Morgan fingerprint density at radius 3 is 2.58 bits per heavy atom. The summed E-state index contributed by atoms with van der Waals surface area (Å²) in [6.07, 6.45) is 1.58. The van der Waals surface area contributed by atoms with E-state index in [0.717, 1.165) is 28.9 Å². The topological polar surface area (TPSA) is 110 Å². The number of anilines is 1. The van der Waals surface area contributed by atoms with Gasteiger partial charge in [0.15, 0.2) is 11.4 Å². The number of sulfonamides is 1. The van der Waals surface area contributed by atoms with E-state index < -0.39 is 15.5 Å². The van der Waals surface area contributed by atoms with E-state index in [0.29, 0.717) is 35.3 Å². The van der Waals surface area contributed by atoms with Crippen LogP contribution in [0.5, 0.6) is 0 Å². The van der Waals surface area contributed by atoms with E-state index in [-0.39, 0.29) is 28.6 Å². The number of nitrogens with one attached hydrogen (secondary N) is 1. The van der Waals surface area contributed by atoms with E-state index in [9.17, 15) is 26.7 Å². The second-order valence-electron chi connectivity index (χ2n) is 9.30. The average Bonchev–Trinajstić information content (AvgIpc) is 3.41. The molecule has 3 heterocycles. The molecule has 0 radical (unpaired) electrons. The third-order valence-corrected chi connectivity index (χ3v) is 7.89. The molecule has 13 heteroatoms. The van der Waals surface area contributed by atoms with Crippen molar-refractivity contribution in [3.05, 3.63) is 76.2 Å². The van der Waals surface area contributed by atoms with Crippen LogP contribution in [-0.2, 0) is 29.6 Å². The van der Waals surface area contributed by atoms with E-state index >= 15 is 0 Å². The molecule has 0 fully saturated rings. The highest BCUT2D eigenvalue weighted by molar-refractivity contribution is 7.93. The normalized spacial score (nSPS) is 12.5. The van der Waals surface area contributed by atoms with Crippen molar-refractivity contribution in [2.45, 2.75) is 45.3 Å². The van der Waals surface area contributed by atoms with Crippen molar-refractivity contribution in [1.29, 1.82) is 0 Å². The van der Waals surface area contributed by atoms with Crippen LogP contribution < -0.4 is 4.72 Å². The molecule has 5 aromatic rings. The van der Waals surface area contributed by atoms with E-state index in [4.69, 9.17) is 21.0 Å². The first-order valence-electron chi connectivity index (χ1n) is 12.3. The number of imidazole rings is 1. The summed E-state index contributed by atoms with van der Waals surface area (Å²) in [6, 6.07) is 12.7. The maximum atomic E-state index is 13.0. The fourth-order valence-corrected chi connectivity index (χ4v) is 5.43. The molecule has 2 aromatic carbocycles. The fraction of sp³-hybridized carbons (Fsp3) is 0.259. The summed E-state index contributed by atoms with van der Waals surface area (Å²) in [7, 11) is -5.66. The number of halogens is 4. The van der Waals surface area contributed by atoms with Gasteiger partial charge in [0.05, 0.1) is 29.6 Å². The Balaban J connectivity index is 1.57. The van der Waals surface area contributed by atoms with Gasteiger partial charge in [-0.15, -0.1) is 0 Å². The van der Waals surface area contributed by atoms with Crippen molar-refractivity contribution in [3.63, 3.8) is 0 Å². The van der Waals surface area contributed by atoms with Crippen LogP contribution in [0.1, 0.15) is 36.0 Å². The molecule has 0 aliphatic carbocycles. The maximum Gasteiger partial charge on any atom is 0.516 e. The highest BCUT2D eigenvalue weighted by atomic mass is 35.5. The number of alkyl halides is 3. The van der Waals surface area contributed by atoms with E-state index in [1.54, 1.807) is 22.9 Å². The average molecular weight is 593 g/mol. The molecule has 3 aromatic heterocycles. The molecule has 0 aliphatic rings. The summed E-state index contributed by atoms with van der Waals surface area (Å²) < 4.78 is 72.0. The predicted octanol–water partition coefficient (Wildman–Crippen LogP) is 6.56. The van der Waals surface area contributed by atoms with E-state index in [1.165, 1.54) is 24.3 Å². The quantitative estimate of drug-likeness (QED) is 0.211. The number of furan rings is 1. The largest absolute Gasteiger partial charge is 0.516 e. The molecule has 0 aliphatic heterocycles. The van der Waals surface area contributed by atoms with Gasteiger partial charge in [-0.2, -0.15) is 21.6 Å². The molecule has 0 amide bonds. The monoisotopic (exact) mass is 592 g/mol. The Labute approximate surface area is 232 Å². The molecular weight excluding hydrogens is 569 g/mol. The standard InChI is InChI=1S/C27H24ClF3N4O4S/c1-3-6-22-33-24-15(2)11-17(14-36)32-26(24)35(22)13-16-9-10-21-19(12-16)23(28)25(39-21)18-7-4-5-8-20(18)34-40(37,38)27(29,30)31/h4-5,7-12,34,36H,3,6,13-14H2,1-2H3. The SMILES string of the molecule is CCCc1nc2c(C)cc(CO)nc2n1Cc1ccc2oc(-c3ccccc3NS(=O)(=O)C(F)(F)F)c(Cl)c2c1. The lowest BCUT2D eigenvalue weighted by Gasteiger charge is -2.13. The van der Waals surface area contributed by atoms with Crippen molar-refractivity contribution in [3.8, 4) is 11.3 Å². The minimum Gasteiger partial charge on any atom is -0.454 e. The van der Waals surface area contributed by atoms with Crippen LogP contribution >= 0.6 is 11.6 Å². The lowest BCUT2D eigenvalue weighted by atomic mass is 10.1. The van der Waals surface area contributed by atoms with Gasteiger partial charge >= 0.3 is 15.5 Å². The molecule has 5 rings (SSSR count). The van der Waals surface area contributed by atoms with E-state index in [2.05, 4.69) is 11.9 Å². The number of fused-ring (bicyclic) bond motifs is 2. The van der Waals surface area contributed by atoms with Crippen LogP contribution in [0, 0.1) is 6.92 Å². The number of nitrogens with zero attached hydrogens (tertiary/aromatic N) is 3. The number of hydrogen-bond acceptors (Lipinski definition) is 6. The number of aromatic nitrogens is 3. The van der Waals surface area contributed by atoms with Crippen molar-refractivity contribution >= 4 is 49.4 Å². The zero-order valence-electron chi connectivity index (χ0n) is 21.4. The Bertz CT molecular complexity index is 1850. The summed E-state index contributed by atoms with van der Waals surface area (Å²) >= 11 is 6.66. The molecule has 0 saturated carbocycles. The number of hydrogen-bond donors (Lipinski definition) is 2. The first-order valence-corrected chi connectivity index (χ1v) is 14.2. The van der Waals surface area contributed by atoms with E-state index in [1.807, 2.05) is 17.6 Å². The van der Waals surface area contributed by atoms with Crippen LogP contribution in [0.25, 0.3) is 33.5 Å². The summed E-state index contributed by atoms with van der Waals surface area (Å²) in [4.78, 5) is 9.39. The Hall–Kier alpha value is -3.61. The van der Waals surface area contributed by atoms with Crippen LogP contribution in [0.3, 0.4) is 0 Å². The Morgan fingerprint density at radius 2 is 1.88 bits per heavy atom. The van der Waals surface area contributed by atoms with Crippen LogP contribution in [0.4, 0.5) is 18.9 Å². The van der Waals surface area contributed by atoms with Gasteiger partial charge in [0, 0.05) is 17.4 Å². The Kier molecular flexibility index (Phi) is 7.28. The summed E-state index contributed by atoms with van der Waals surface area (Å²) in [6.45, 7) is 4.16. The number of aliphatic hydroxyl groups excluding tert-OH is 1. The number of aliphatic hydroxyl groups is 1. The fourth-order valence-electron chi connectivity index (χ4n) is 4.56. The van der Waals surface area contributed by atoms with Crippen LogP contribution in [0.2, 0.25) is 5.02 Å². The van der Waals surface area contributed by atoms with Gasteiger partial charge in [-0.25, -0.2) is 9.97 Å². The van der Waals surface area contributed by atoms with Gasteiger partial charge in [0.1, 0.15) is 16.9 Å². The number of benzene rings is 2. The van der Waals surface area contributed by atoms with Gasteiger partial charge in [-0.05, 0) is 54.8 Å². The van der Waals surface area contributed by atoms with Gasteiger partial charge in [-0.3, -0.25) is 4.72 Å². The zero-order chi connectivity index (χ0) is 28.8. The number of rotatable bonds is 8. The molecule has 210 valence electrons. The predicted molar refractivity (Wildman–Crippen MR) is 147 cm³/mol. The minimum atomic E-state index is -5.66. The number of para-hydroxylation sites is 1. The van der Waals surface area contributed by atoms with Crippen LogP contribution in [-0.4, -0.2) is 33.6 Å². The van der Waals surface area contributed by atoms with Crippen molar-refractivity contribution < 1.29 is 31.1 Å². The summed E-state index contributed by atoms with van der Waals surface area (Å²) in [5.41, 5.74) is -1.71. The summed E-state index contributed by atoms with van der Waals surface area (Å²) in [5.74, 6) is 0.868. The van der Waals surface area contributed by atoms with Gasteiger partial charge in [-0.1, -0.05) is 36.7 Å². The van der Waals surface area contributed by atoms with Crippen LogP contribution in [0.15, 0.2) is 52.9 Å². The maximum absolute atomic E-state index is 13.0. The molecule has 2 N–H and O–H groups in total. The molecular formula is C27H24ClF3N4O4S. The molecule has 0 spiro atoms. The second-order valence-corrected chi connectivity index (χ2v) is 11.3. The molecule has 8 nitrogen and oxygen atoms in total. The molecule has 40 heavy (non-hydrogen) atoms. The third-order valence-electron chi connectivity index (χ3n) is 6.41.